The van der Waals surface area contributed by atoms with Crippen molar-refractivity contribution in [1.29, 1.82) is 0 Å². The molecule has 1 heteroatoms. The minimum Gasteiger partial charge on any atom is -0.508 e. The Morgan fingerprint density at radius 2 is 1.81 bits per heavy atom. The summed E-state index contributed by atoms with van der Waals surface area (Å²) in [6.45, 7) is 6.81. The van der Waals surface area contributed by atoms with Gasteiger partial charge in [0.05, 0.1) is 0 Å². The molecule has 0 atom stereocenters. The Labute approximate surface area is 99.5 Å². The van der Waals surface area contributed by atoms with Gasteiger partial charge in [0.25, 0.3) is 0 Å². The molecule has 1 N–H and O–H groups in total. The van der Waals surface area contributed by atoms with E-state index in [0.717, 1.165) is 12.0 Å². The third-order valence-electron chi connectivity index (χ3n) is 3.12. The van der Waals surface area contributed by atoms with Gasteiger partial charge in [-0.05, 0) is 29.9 Å². The van der Waals surface area contributed by atoms with Crippen molar-refractivity contribution in [2.75, 3.05) is 0 Å². The Hall–Kier alpha value is -0.980. The SMILES string of the molecule is CCCCCC(C)(C)Cc1ccccc1O. The van der Waals surface area contributed by atoms with Gasteiger partial charge in [-0.15, -0.1) is 0 Å². The van der Waals surface area contributed by atoms with Gasteiger partial charge >= 0.3 is 0 Å². The molecule has 90 valence electrons. The molecule has 0 aliphatic heterocycles. The maximum atomic E-state index is 9.75. The van der Waals surface area contributed by atoms with Crippen LogP contribution in [0.3, 0.4) is 0 Å². The zero-order valence-electron chi connectivity index (χ0n) is 10.8. The number of benzene rings is 1. The Bertz CT molecular complexity index is 315. The number of aromatic hydroxyl groups is 1. The minimum atomic E-state index is 0.286. The largest absolute Gasteiger partial charge is 0.508 e. The van der Waals surface area contributed by atoms with Crippen molar-refractivity contribution in [1.82, 2.24) is 0 Å². The Morgan fingerprint density at radius 1 is 1.12 bits per heavy atom. The van der Waals surface area contributed by atoms with Crippen molar-refractivity contribution in [3.8, 4) is 5.75 Å². The van der Waals surface area contributed by atoms with Crippen LogP contribution in [0.5, 0.6) is 5.75 Å². The number of phenols is 1. The van der Waals surface area contributed by atoms with E-state index in [0.29, 0.717) is 5.75 Å². The quantitative estimate of drug-likeness (QED) is 0.698. The van der Waals surface area contributed by atoms with Gasteiger partial charge in [-0.2, -0.15) is 0 Å². The van der Waals surface area contributed by atoms with Crippen molar-refractivity contribution in [2.24, 2.45) is 5.41 Å². The zero-order valence-corrected chi connectivity index (χ0v) is 10.8. The van der Waals surface area contributed by atoms with Gasteiger partial charge in [0.1, 0.15) is 5.75 Å². The second kappa shape index (κ2) is 5.93. The molecule has 0 aliphatic rings. The van der Waals surface area contributed by atoms with Crippen molar-refractivity contribution in [2.45, 2.75) is 52.9 Å². The number of unbranched alkanes of at least 4 members (excludes halogenated alkanes) is 2. The first-order valence-electron chi connectivity index (χ1n) is 6.32. The molecule has 0 bridgehead atoms. The van der Waals surface area contributed by atoms with Gasteiger partial charge in [-0.3, -0.25) is 0 Å². The average molecular weight is 220 g/mol. The van der Waals surface area contributed by atoms with Crippen LogP contribution in [0, 0.1) is 5.41 Å². The third kappa shape index (κ3) is 4.26. The van der Waals surface area contributed by atoms with Crippen LogP contribution < -0.4 is 0 Å². The Kier molecular flexibility index (Phi) is 4.85. The average Bonchev–Trinajstić information content (AvgIpc) is 2.21. The molecule has 0 spiro atoms. The normalized spacial score (nSPS) is 11.7. The van der Waals surface area contributed by atoms with E-state index in [4.69, 9.17) is 0 Å². The molecule has 0 fully saturated rings. The Morgan fingerprint density at radius 3 is 2.44 bits per heavy atom. The first-order valence-corrected chi connectivity index (χ1v) is 6.32. The van der Waals surface area contributed by atoms with E-state index in [1.165, 1.54) is 25.7 Å². The van der Waals surface area contributed by atoms with Crippen LogP contribution in [0.1, 0.15) is 52.0 Å². The molecule has 1 rings (SSSR count). The molecule has 0 aromatic heterocycles. The van der Waals surface area contributed by atoms with E-state index in [1.807, 2.05) is 18.2 Å². The van der Waals surface area contributed by atoms with E-state index in [-0.39, 0.29) is 5.41 Å². The Balaban J connectivity index is 2.55. The number of hydrogen-bond acceptors (Lipinski definition) is 1. The topological polar surface area (TPSA) is 20.2 Å². The molecular formula is C15H24O. The highest BCUT2D eigenvalue weighted by molar-refractivity contribution is 5.32. The lowest BCUT2D eigenvalue weighted by atomic mass is 9.81. The molecule has 0 unspecified atom stereocenters. The molecule has 1 nitrogen and oxygen atoms in total. The van der Waals surface area contributed by atoms with Crippen molar-refractivity contribution >= 4 is 0 Å². The van der Waals surface area contributed by atoms with Crippen LogP contribution in [0.4, 0.5) is 0 Å². The highest BCUT2D eigenvalue weighted by atomic mass is 16.3. The second-order valence-electron chi connectivity index (χ2n) is 5.43. The number of rotatable bonds is 6. The molecule has 0 heterocycles. The molecule has 0 aliphatic carbocycles. The lowest BCUT2D eigenvalue weighted by Crippen LogP contribution is -2.15. The summed E-state index contributed by atoms with van der Waals surface area (Å²) in [5.74, 6) is 0.436. The number of para-hydroxylation sites is 1. The standard InChI is InChI=1S/C15H24O/c1-4-5-8-11-15(2,3)12-13-9-6-7-10-14(13)16/h6-7,9-10,16H,4-5,8,11-12H2,1-3H3. The molecule has 0 amide bonds. The predicted octanol–water partition coefficient (Wildman–Crippen LogP) is 4.54. The summed E-state index contributed by atoms with van der Waals surface area (Å²) >= 11 is 0. The van der Waals surface area contributed by atoms with Gasteiger partial charge in [-0.1, -0.05) is 58.2 Å². The third-order valence-corrected chi connectivity index (χ3v) is 3.12. The summed E-state index contributed by atoms with van der Waals surface area (Å²) in [7, 11) is 0. The highest BCUT2D eigenvalue weighted by Crippen LogP contribution is 2.31. The van der Waals surface area contributed by atoms with Gasteiger partial charge in [0.2, 0.25) is 0 Å². The highest BCUT2D eigenvalue weighted by Gasteiger charge is 2.19. The monoisotopic (exact) mass is 220 g/mol. The summed E-state index contributed by atoms with van der Waals surface area (Å²) in [5.41, 5.74) is 1.36. The zero-order chi connectivity index (χ0) is 12.0. The first kappa shape index (κ1) is 13.1. The molecule has 16 heavy (non-hydrogen) atoms. The maximum absolute atomic E-state index is 9.75. The van der Waals surface area contributed by atoms with E-state index < -0.39 is 0 Å². The summed E-state index contributed by atoms with van der Waals surface area (Å²) < 4.78 is 0. The molecule has 0 saturated heterocycles. The molecule has 1 aromatic rings. The predicted molar refractivity (Wildman–Crippen MR) is 69.7 cm³/mol. The summed E-state index contributed by atoms with van der Waals surface area (Å²) in [4.78, 5) is 0. The maximum Gasteiger partial charge on any atom is 0.118 e. The van der Waals surface area contributed by atoms with Crippen LogP contribution in [-0.2, 0) is 6.42 Å². The van der Waals surface area contributed by atoms with E-state index in [1.54, 1.807) is 6.07 Å². The number of hydrogen-bond donors (Lipinski definition) is 1. The number of phenolic OH excluding ortho intramolecular Hbond substituents is 1. The van der Waals surface area contributed by atoms with Crippen LogP contribution in [0.2, 0.25) is 0 Å². The van der Waals surface area contributed by atoms with Crippen molar-refractivity contribution in [3.63, 3.8) is 0 Å². The second-order valence-corrected chi connectivity index (χ2v) is 5.43. The fraction of sp³-hybridized carbons (Fsp3) is 0.600. The van der Waals surface area contributed by atoms with Gasteiger partial charge < -0.3 is 5.11 Å². The molecule has 0 radical (unpaired) electrons. The molecule has 0 saturated carbocycles. The smallest absolute Gasteiger partial charge is 0.118 e. The van der Waals surface area contributed by atoms with E-state index >= 15 is 0 Å². The lowest BCUT2D eigenvalue weighted by Gasteiger charge is -2.25. The van der Waals surface area contributed by atoms with Gasteiger partial charge in [0, 0.05) is 0 Å². The first-order chi connectivity index (χ1) is 7.55. The van der Waals surface area contributed by atoms with Crippen molar-refractivity contribution < 1.29 is 5.11 Å². The van der Waals surface area contributed by atoms with Crippen LogP contribution >= 0.6 is 0 Å². The summed E-state index contributed by atoms with van der Waals surface area (Å²) in [5, 5.41) is 9.75. The van der Waals surface area contributed by atoms with Crippen LogP contribution in [0.15, 0.2) is 24.3 Å². The fourth-order valence-electron chi connectivity index (χ4n) is 2.12. The van der Waals surface area contributed by atoms with E-state index in [2.05, 4.69) is 20.8 Å². The van der Waals surface area contributed by atoms with Crippen LogP contribution in [-0.4, -0.2) is 5.11 Å². The summed E-state index contributed by atoms with van der Waals surface area (Å²) in [6.07, 6.45) is 6.06. The van der Waals surface area contributed by atoms with E-state index in [9.17, 15) is 5.11 Å². The van der Waals surface area contributed by atoms with Gasteiger partial charge in [0.15, 0.2) is 0 Å². The molecular weight excluding hydrogens is 196 g/mol. The minimum absolute atomic E-state index is 0.286. The van der Waals surface area contributed by atoms with Crippen LogP contribution in [0.25, 0.3) is 0 Å². The van der Waals surface area contributed by atoms with Crippen molar-refractivity contribution in [3.05, 3.63) is 29.8 Å². The molecule has 1 aromatic carbocycles. The lowest BCUT2D eigenvalue weighted by molar-refractivity contribution is 0.313. The van der Waals surface area contributed by atoms with Gasteiger partial charge in [-0.25, -0.2) is 0 Å². The fourth-order valence-corrected chi connectivity index (χ4v) is 2.12. The summed E-state index contributed by atoms with van der Waals surface area (Å²) in [6, 6.07) is 7.68.